The number of halogens is 1. The zero-order valence-electron chi connectivity index (χ0n) is 21.9. The predicted octanol–water partition coefficient (Wildman–Crippen LogP) is 7.61. The van der Waals surface area contributed by atoms with Gasteiger partial charge in [-0.15, -0.1) is 0 Å². The van der Waals surface area contributed by atoms with Crippen molar-refractivity contribution in [1.82, 2.24) is 20.3 Å². The lowest BCUT2D eigenvalue weighted by Crippen LogP contribution is -2.16. The normalized spacial score (nSPS) is 10.9. The number of pyridine rings is 1. The number of nitriles is 1. The molecule has 0 unspecified atom stereocenters. The molecule has 0 bridgehead atoms. The molecule has 6 rings (SSSR count). The smallest absolute Gasteiger partial charge is 0.146 e. The number of rotatable bonds is 10. The zero-order valence-corrected chi connectivity index (χ0v) is 22.7. The third-order valence-corrected chi connectivity index (χ3v) is 6.80. The topological polar surface area (TPSA) is 112 Å². The highest BCUT2D eigenvalue weighted by atomic mass is 35.5. The third kappa shape index (κ3) is 6.07. The van der Waals surface area contributed by atoms with E-state index < -0.39 is 0 Å². The fraction of sp³-hybridized carbons (Fsp3) is 0.0938. The van der Waals surface area contributed by atoms with E-state index in [2.05, 4.69) is 31.7 Å². The number of aromatic amines is 1. The fourth-order valence-corrected chi connectivity index (χ4v) is 4.69. The Morgan fingerprint density at radius 2 is 1.90 bits per heavy atom. The minimum Gasteiger partial charge on any atom is -0.460 e. The van der Waals surface area contributed by atoms with Crippen LogP contribution >= 0.6 is 11.6 Å². The minimum absolute atomic E-state index is 0.423. The van der Waals surface area contributed by atoms with Crippen molar-refractivity contribution in [3.63, 3.8) is 0 Å². The van der Waals surface area contributed by atoms with E-state index in [0.717, 1.165) is 52.5 Å². The van der Waals surface area contributed by atoms with Crippen LogP contribution in [-0.4, -0.2) is 21.5 Å². The van der Waals surface area contributed by atoms with Gasteiger partial charge in [-0.05, 0) is 54.6 Å². The lowest BCUT2D eigenvalue weighted by molar-refractivity contribution is 0.483. The number of H-pyrrole nitrogens is 1. The largest absolute Gasteiger partial charge is 0.460 e. The first-order valence-corrected chi connectivity index (χ1v) is 13.4. The Kier molecular flexibility index (Phi) is 7.63. The van der Waals surface area contributed by atoms with Crippen LogP contribution in [0.2, 0.25) is 5.02 Å². The summed E-state index contributed by atoms with van der Waals surface area (Å²) in [6.07, 6.45) is 5.96. The number of anilines is 2. The van der Waals surface area contributed by atoms with Crippen molar-refractivity contribution in [3.8, 4) is 28.9 Å². The molecule has 3 heterocycles. The molecule has 0 fully saturated rings. The van der Waals surface area contributed by atoms with Gasteiger partial charge in [-0.2, -0.15) is 5.26 Å². The molecule has 41 heavy (non-hydrogen) atoms. The second-order valence-corrected chi connectivity index (χ2v) is 9.71. The Morgan fingerprint density at radius 1 is 1.00 bits per heavy atom. The summed E-state index contributed by atoms with van der Waals surface area (Å²) in [7, 11) is 0. The summed E-state index contributed by atoms with van der Waals surface area (Å²) in [4.78, 5) is 11.9. The van der Waals surface area contributed by atoms with E-state index in [-0.39, 0.29) is 0 Å². The van der Waals surface area contributed by atoms with Crippen LogP contribution in [0.1, 0.15) is 17.1 Å². The minimum atomic E-state index is 0.423. The Morgan fingerprint density at radius 3 is 2.71 bits per heavy atom. The zero-order chi connectivity index (χ0) is 28.0. The van der Waals surface area contributed by atoms with E-state index in [9.17, 15) is 5.26 Å². The summed E-state index contributed by atoms with van der Waals surface area (Å²) in [5, 5.41) is 17.8. The number of ether oxygens (including phenoxy) is 1. The number of benzene rings is 3. The summed E-state index contributed by atoms with van der Waals surface area (Å²) >= 11 is 6.53. The molecule has 0 spiro atoms. The number of nitrogens with one attached hydrogen (secondary N) is 3. The molecule has 0 atom stereocenters. The van der Waals surface area contributed by atoms with Crippen molar-refractivity contribution >= 4 is 33.9 Å². The van der Waals surface area contributed by atoms with Crippen molar-refractivity contribution < 1.29 is 9.15 Å². The van der Waals surface area contributed by atoms with Gasteiger partial charge in [0.2, 0.25) is 0 Å². The van der Waals surface area contributed by atoms with Crippen LogP contribution in [0.15, 0.2) is 102 Å². The molecule has 6 aromatic rings. The first-order valence-electron chi connectivity index (χ1n) is 13.1. The molecular weight excluding hydrogens is 536 g/mol. The van der Waals surface area contributed by atoms with Crippen LogP contribution < -0.4 is 15.4 Å². The molecule has 3 aromatic carbocycles. The van der Waals surface area contributed by atoms with Crippen molar-refractivity contribution in [2.75, 3.05) is 11.9 Å². The molecule has 0 amide bonds. The second-order valence-electron chi connectivity index (χ2n) is 9.30. The molecule has 3 aromatic heterocycles. The van der Waals surface area contributed by atoms with E-state index in [1.54, 1.807) is 24.5 Å². The maximum absolute atomic E-state index is 9.79. The van der Waals surface area contributed by atoms with Gasteiger partial charge in [-0.3, -0.25) is 4.98 Å². The number of para-hydroxylation sites is 1. The summed E-state index contributed by atoms with van der Waals surface area (Å²) in [6.45, 7) is 1.40. The molecule has 0 aliphatic rings. The molecular formula is C32H25ClN6O2. The predicted molar refractivity (Wildman–Crippen MR) is 159 cm³/mol. The standard InChI is InChI=1S/C32H25ClN6O2/c33-27-17-23(7-10-30(27)40-24-4-2-1-3-5-24)39-32-22(18-34)19-38-28-16-21(6-9-26(28)32)29-11-8-25(41-29)20-35-13-12-31-36-14-15-37-31/h1-11,14-17,19,35H,12-13,20H2,(H,36,37)(H,38,39). The van der Waals surface area contributed by atoms with E-state index in [1.807, 2.05) is 72.9 Å². The molecule has 0 aliphatic heterocycles. The van der Waals surface area contributed by atoms with Gasteiger partial charge in [0.25, 0.3) is 0 Å². The van der Waals surface area contributed by atoms with E-state index in [0.29, 0.717) is 34.3 Å². The monoisotopic (exact) mass is 560 g/mol. The van der Waals surface area contributed by atoms with Crippen LogP contribution in [-0.2, 0) is 13.0 Å². The number of imidazole rings is 1. The summed E-state index contributed by atoms with van der Waals surface area (Å²) < 4.78 is 12.0. The van der Waals surface area contributed by atoms with Crippen LogP contribution in [0.5, 0.6) is 11.5 Å². The molecule has 8 nitrogen and oxygen atoms in total. The van der Waals surface area contributed by atoms with Gasteiger partial charge in [-0.1, -0.05) is 35.9 Å². The highest BCUT2D eigenvalue weighted by Gasteiger charge is 2.13. The van der Waals surface area contributed by atoms with Crippen molar-refractivity contribution in [2.45, 2.75) is 13.0 Å². The summed E-state index contributed by atoms with van der Waals surface area (Å²) in [6, 6.07) is 26.9. The van der Waals surface area contributed by atoms with Gasteiger partial charge >= 0.3 is 0 Å². The number of furan rings is 1. The maximum atomic E-state index is 9.79. The summed E-state index contributed by atoms with van der Waals surface area (Å²) in [5.41, 5.74) is 3.42. The highest BCUT2D eigenvalue weighted by Crippen LogP contribution is 2.36. The SMILES string of the molecule is N#Cc1cnc2cc(-c3ccc(CNCCc4ncc[nH]4)o3)ccc2c1Nc1ccc(Oc2ccccc2)c(Cl)c1. The molecule has 0 aliphatic carbocycles. The van der Waals surface area contributed by atoms with Crippen molar-refractivity contribution in [1.29, 1.82) is 5.26 Å². The molecule has 202 valence electrons. The molecule has 0 saturated heterocycles. The Bertz CT molecular complexity index is 1830. The Hall–Kier alpha value is -5.10. The number of hydrogen-bond donors (Lipinski definition) is 3. The van der Waals surface area contributed by atoms with E-state index >= 15 is 0 Å². The molecule has 0 radical (unpaired) electrons. The van der Waals surface area contributed by atoms with Crippen LogP contribution in [0, 0.1) is 11.3 Å². The average Bonchev–Trinajstić information content (AvgIpc) is 3.70. The van der Waals surface area contributed by atoms with Crippen LogP contribution in [0.25, 0.3) is 22.2 Å². The van der Waals surface area contributed by atoms with Gasteiger partial charge in [0.05, 0.1) is 28.3 Å². The van der Waals surface area contributed by atoms with Crippen LogP contribution in [0.3, 0.4) is 0 Å². The number of hydrogen-bond acceptors (Lipinski definition) is 7. The average molecular weight is 561 g/mol. The lowest BCUT2D eigenvalue weighted by atomic mass is 10.1. The maximum Gasteiger partial charge on any atom is 0.146 e. The first kappa shape index (κ1) is 26.1. The van der Waals surface area contributed by atoms with E-state index in [1.165, 1.54) is 0 Å². The first-order chi connectivity index (χ1) is 20.2. The highest BCUT2D eigenvalue weighted by molar-refractivity contribution is 6.32. The number of aromatic nitrogens is 3. The second kappa shape index (κ2) is 12.0. The molecule has 0 saturated carbocycles. The number of fused-ring (bicyclic) bond motifs is 1. The van der Waals surface area contributed by atoms with Gasteiger partial charge in [0.1, 0.15) is 34.9 Å². The van der Waals surface area contributed by atoms with E-state index in [4.69, 9.17) is 20.8 Å². The van der Waals surface area contributed by atoms with Crippen molar-refractivity contribution in [2.24, 2.45) is 0 Å². The summed E-state index contributed by atoms with van der Waals surface area (Å²) in [5.74, 6) is 3.77. The Balaban J connectivity index is 1.19. The lowest BCUT2D eigenvalue weighted by Gasteiger charge is -2.14. The van der Waals surface area contributed by atoms with Crippen molar-refractivity contribution in [3.05, 3.63) is 120 Å². The van der Waals surface area contributed by atoms with Gasteiger partial charge in [-0.25, -0.2) is 4.98 Å². The fourth-order valence-electron chi connectivity index (χ4n) is 4.47. The Labute approximate surface area is 241 Å². The third-order valence-electron chi connectivity index (χ3n) is 6.50. The van der Waals surface area contributed by atoms with Gasteiger partial charge in [0.15, 0.2) is 0 Å². The number of nitrogens with zero attached hydrogens (tertiary/aromatic N) is 3. The molecule has 3 N–H and O–H groups in total. The molecule has 9 heteroatoms. The van der Waals surface area contributed by atoms with Crippen LogP contribution in [0.4, 0.5) is 11.4 Å². The van der Waals surface area contributed by atoms with Gasteiger partial charge in [0, 0.05) is 48.2 Å². The quantitative estimate of drug-likeness (QED) is 0.148. The van der Waals surface area contributed by atoms with Gasteiger partial charge < -0.3 is 24.8 Å².